The summed E-state index contributed by atoms with van der Waals surface area (Å²) in [4.78, 5) is 2.40. The highest BCUT2D eigenvalue weighted by atomic mass is 32.2. The van der Waals surface area contributed by atoms with E-state index in [1.165, 1.54) is 0 Å². The molecule has 0 radical (unpaired) electrons. The summed E-state index contributed by atoms with van der Waals surface area (Å²) in [6, 6.07) is 0.562. The van der Waals surface area contributed by atoms with Crippen molar-refractivity contribution in [2.24, 2.45) is 5.92 Å². The molecule has 0 aliphatic carbocycles. The molecule has 0 bridgehead atoms. The Bertz CT molecular complexity index is 312. The Morgan fingerprint density at radius 2 is 1.94 bits per heavy atom. The highest BCUT2D eigenvalue weighted by Gasteiger charge is 2.25. The van der Waals surface area contributed by atoms with Crippen LogP contribution in [0.3, 0.4) is 0 Å². The van der Waals surface area contributed by atoms with Gasteiger partial charge in [-0.3, -0.25) is 0 Å². The van der Waals surface area contributed by atoms with Gasteiger partial charge < -0.3 is 4.90 Å². The summed E-state index contributed by atoms with van der Waals surface area (Å²) in [7, 11) is -3.09. The summed E-state index contributed by atoms with van der Waals surface area (Å²) in [6.45, 7) is 10.5. The quantitative estimate of drug-likeness (QED) is 0.791. The van der Waals surface area contributed by atoms with Gasteiger partial charge in [-0.2, -0.15) is 0 Å². The van der Waals surface area contributed by atoms with Crippen molar-refractivity contribution in [1.29, 1.82) is 0 Å². The van der Waals surface area contributed by atoms with E-state index < -0.39 is 10.0 Å². The molecule has 1 N–H and O–H groups in total. The van der Waals surface area contributed by atoms with Crippen LogP contribution >= 0.6 is 0 Å². The summed E-state index contributed by atoms with van der Waals surface area (Å²) < 4.78 is 25.9. The summed E-state index contributed by atoms with van der Waals surface area (Å²) in [5.74, 6) is 0.468. The van der Waals surface area contributed by atoms with Gasteiger partial charge in [0, 0.05) is 19.1 Å². The molecule has 1 saturated heterocycles. The summed E-state index contributed by atoms with van der Waals surface area (Å²) in [5.41, 5.74) is 0. The average Bonchev–Trinajstić information content (AvgIpc) is 2.63. The second kappa shape index (κ2) is 5.47. The first-order chi connectivity index (χ1) is 7.33. The number of sulfonamides is 1. The zero-order valence-electron chi connectivity index (χ0n) is 10.7. The van der Waals surface area contributed by atoms with Gasteiger partial charge >= 0.3 is 0 Å². The fourth-order valence-corrected chi connectivity index (χ4v) is 2.70. The number of likely N-dealkylation sites (tertiary alicyclic amines) is 1. The van der Waals surface area contributed by atoms with Crippen molar-refractivity contribution in [2.75, 3.05) is 19.6 Å². The summed E-state index contributed by atoms with van der Waals surface area (Å²) in [5, 5.41) is -0.338. The molecule has 0 spiro atoms. The zero-order valence-corrected chi connectivity index (χ0v) is 11.5. The van der Waals surface area contributed by atoms with Gasteiger partial charge in [0.25, 0.3) is 0 Å². The van der Waals surface area contributed by atoms with Crippen LogP contribution in [0.25, 0.3) is 0 Å². The van der Waals surface area contributed by atoms with E-state index in [-0.39, 0.29) is 5.25 Å². The number of rotatable bonds is 5. The highest BCUT2D eigenvalue weighted by molar-refractivity contribution is 7.90. The van der Waals surface area contributed by atoms with E-state index in [4.69, 9.17) is 0 Å². The van der Waals surface area contributed by atoms with Crippen LogP contribution in [-0.4, -0.2) is 44.2 Å². The van der Waals surface area contributed by atoms with Crippen LogP contribution in [0.1, 0.15) is 34.1 Å². The fourth-order valence-electron chi connectivity index (χ4n) is 1.90. The largest absolute Gasteiger partial charge is 0.301 e. The average molecular weight is 248 g/mol. The first-order valence-corrected chi connectivity index (χ1v) is 7.60. The van der Waals surface area contributed by atoms with Gasteiger partial charge in [0.1, 0.15) is 0 Å². The molecule has 16 heavy (non-hydrogen) atoms. The van der Waals surface area contributed by atoms with Crippen LogP contribution in [0.2, 0.25) is 0 Å². The van der Waals surface area contributed by atoms with Gasteiger partial charge in [-0.05, 0) is 46.6 Å². The molecule has 1 aliphatic rings. The SMILES string of the molecule is CC(C)N1CCC(CNS(=O)(=O)C(C)C)C1. The Hall–Kier alpha value is -0.130. The standard InChI is InChI=1S/C11H24N2O2S/c1-9(2)13-6-5-11(8-13)7-12-16(14,15)10(3)4/h9-12H,5-8H2,1-4H3. The van der Waals surface area contributed by atoms with E-state index in [1.54, 1.807) is 13.8 Å². The number of nitrogens with one attached hydrogen (secondary N) is 1. The Morgan fingerprint density at radius 1 is 1.31 bits per heavy atom. The van der Waals surface area contributed by atoms with Crippen LogP contribution in [0, 0.1) is 5.92 Å². The van der Waals surface area contributed by atoms with Crippen LogP contribution in [0.4, 0.5) is 0 Å². The smallest absolute Gasteiger partial charge is 0.213 e. The molecule has 0 aromatic carbocycles. The minimum atomic E-state index is -3.09. The molecule has 5 heteroatoms. The fraction of sp³-hybridized carbons (Fsp3) is 1.00. The third-order valence-corrected chi connectivity index (χ3v) is 5.05. The van der Waals surface area contributed by atoms with Gasteiger partial charge in [-0.15, -0.1) is 0 Å². The Kier molecular flexibility index (Phi) is 4.76. The molecule has 1 unspecified atom stereocenters. The first kappa shape index (κ1) is 13.9. The van der Waals surface area contributed by atoms with Crippen molar-refractivity contribution >= 4 is 10.0 Å². The van der Waals surface area contributed by atoms with E-state index in [1.807, 2.05) is 0 Å². The third-order valence-electron chi connectivity index (χ3n) is 3.24. The predicted octanol–water partition coefficient (Wildman–Crippen LogP) is 1.04. The molecule has 0 aromatic heterocycles. The molecule has 0 saturated carbocycles. The van der Waals surface area contributed by atoms with Crippen molar-refractivity contribution in [3.63, 3.8) is 0 Å². The molecule has 1 atom stereocenters. The van der Waals surface area contributed by atoms with Crippen LogP contribution in [-0.2, 0) is 10.0 Å². The maximum Gasteiger partial charge on any atom is 0.213 e. The maximum absolute atomic E-state index is 11.6. The molecule has 96 valence electrons. The molecule has 1 heterocycles. The normalized spacial score (nSPS) is 23.5. The van der Waals surface area contributed by atoms with E-state index in [0.29, 0.717) is 18.5 Å². The lowest BCUT2D eigenvalue weighted by molar-refractivity contribution is 0.265. The first-order valence-electron chi connectivity index (χ1n) is 6.05. The summed E-state index contributed by atoms with van der Waals surface area (Å²) >= 11 is 0. The highest BCUT2D eigenvalue weighted by Crippen LogP contribution is 2.17. The molecule has 1 aliphatic heterocycles. The van der Waals surface area contributed by atoms with Crippen molar-refractivity contribution in [1.82, 2.24) is 9.62 Å². The molecular weight excluding hydrogens is 224 g/mol. The van der Waals surface area contributed by atoms with Gasteiger partial charge in [0.15, 0.2) is 0 Å². The van der Waals surface area contributed by atoms with Crippen molar-refractivity contribution in [3.8, 4) is 0 Å². The predicted molar refractivity (Wildman–Crippen MR) is 66.9 cm³/mol. The van der Waals surface area contributed by atoms with Crippen LogP contribution in [0.15, 0.2) is 0 Å². The van der Waals surface area contributed by atoms with Crippen LogP contribution < -0.4 is 4.72 Å². The van der Waals surface area contributed by atoms with Crippen molar-refractivity contribution in [2.45, 2.75) is 45.4 Å². The van der Waals surface area contributed by atoms with Gasteiger partial charge in [0.2, 0.25) is 10.0 Å². The van der Waals surface area contributed by atoms with Crippen LogP contribution in [0.5, 0.6) is 0 Å². The van der Waals surface area contributed by atoms with E-state index >= 15 is 0 Å². The Morgan fingerprint density at radius 3 is 2.38 bits per heavy atom. The number of hydrogen-bond donors (Lipinski definition) is 1. The lowest BCUT2D eigenvalue weighted by Gasteiger charge is -2.20. The maximum atomic E-state index is 11.6. The molecule has 0 amide bonds. The second-order valence-electron chi connectivity index (χ2n) is 5.19. The van der Waals surface area contributed by atoms with Gasteiger partial charge in [-0.1, -0.05) is 0 Å². The Balaban J connectivity index is 2.36. The van der Waals surface area contributed by atoms with Crippen molar-refractivity contribution in [3.05, 3.63) is 0 Å². The number of hydrogen-bond acceptors (Lipinski definition) is 3. The lowest BCUT2D eigenvalue weighted by atomic mass is 10.1. The molecular formula is C11H24N2O2S. The van der Waals surface area contributed by atoms with E-state index in [2.05, 4.69) is 23.5 Å². The third kappa shape index (κ3) is 3.71. The monoisotopic (exact) mass is 248 g/mol. The van der Waals surface area contributed by atoms with E-state index in [0.717, 1.165) is 19.5 Å². The summed E-state index contributed by atoms with van der Waals surface area (Å²) in [6.07, 6.45) is 1.10. The zero-order chi connectivity index (χ0) is 12.3. The van der Waals surface area contributed by atoms with Gasteiger partial charge in [0.05, 0.1) is 5.25 Å². The van der Waals surface area contributed by atoms with Crippen molar-refractivity contribution < 1.29 is 8.42 Å². The molecule has 1 rings (SSSR count). The Labute approximate surface area is 99.5 Å². The molecule has 1 fully saturated rings. The molecule has 0 aromatic rings. The number of nitrogens with zero attached hydrogens (tertiary/aromatic N) is 1. The molecule has 4 nitrogen and oxygen atoms in total. The second-order valence-corrected chi connectivity index (χ2v) is 7.51. The lowest BCUT2D eigenvalue weighted by Crippen LogP contribution is -2.36. The minimum Gasteiger partial charge on any atom is -0.301 e. The van der Waals surface area contributed by atoms with Gasteiger partial charge in [-0.25, -0.2) is 13.1 Å². The minimum absolute atomic E-state index is 0.338. The van der Waals surface area contributed by atoms with E-state index in [9.17, 15) is 8.42 Å². The topological polar surface area (TPSA) is 49.4 Å².